The quantitative estimate of drug-likeness (QED) is 0.279. The Hall–Kier alpha value is -2.77. The summed E-state index contributed by atoms with van der Waals surface area (Å²) in [6, 6.07) is 19.9. The zero-order valence-corrected chi connectivity index (χ0v) is 20.8. The molecule has 0 spiro atoms. The van der Waals surface area contributed by atoms with Crippen LogP contribution in [0.3, 0.4) is 0 Å². The van der Waals surface area contributed by atoms with Crippen LogP contribution < -0.4 is 9.64 Å². The monoisotopic (exact) mass is 518 g/mol. The molecule has 1 atom stereocenters. The Kier molecular flexibility index (Phi) is 7.87. The second kappa shape index (κ2) is 10.9. The fraction of sp³-hybridized carbons (Fsp3) is 0.259. The molecule has 1 saturated heterocycles. The predicted octanol–water partition coefficient (Wildman–Crippen LogP) is 8.24. The van der Waals surface area contributed by atoms with E-state index >= 15 is 0 Å². The molecule has 0 amide bonds. The van der Waals surface area contributed by atoms with Crippen LogP contribution in [0.1, 0.15) is 23.6 Å². The van der Waals surface area contributed by atoms with Gasteiger partial charge in [-0.05, 0) is 84.7 Å². The summed E-state index contributed by atoms with van der Waals surface area (Å²) in [7, 11) is 0. The Balaban J connectivity index is 1.61. The Morgan fingerprint density at radius 2 is 1.69 bits per heavy atom. The molecule has 8 heteroatoms. The van der Waals surface area contributed by atoms with Crippen LogP contribution in [0, 0.1) is 0 Å². The van der Waals surface area contributed by atoms with Crippen molar-refractivity contribution < 1.29 is 17.9 Å². The van der Waals surface area contributed by atoms with E-state index in [1.54, 1.807) is 42.1 Å². The Labute approximate surface area is 213 Å². The maximum atomic E-state index is 13.4. The van der Waals surface area contributed by atoms with Crippen molar-refractivity contribution in [3.63, 3.8) is 0 Å². The normalized spacial score (nSPS) is 16.1. The van der Waals surface area contributed by atoms with Crippen LogP contribution in [0.4, 0.5) is 18.9 Å². The number of halogens is 4. The largest absolute Gasteiger partial charge is 0.457 e. The molecule has 0 radical (unpaired) electrons. The maximum Gasteiger partial charge on any atom is 0.416 e. The molecule has 0 saturated carbocycles. The summed E-state index contributed by atoms with van der Waals surface area (Å²) in [5, 5.41) is 0.628. The summed E-state index contributed by atoms with van der Waals surface area (Å²) in [5.41, 5.74) is 0.802. The average molecular weight is 519 g/mol. The van der Waals surface area contributed by atoms with Crippen LogP contribution in [0.5, 0.6) is 11.5 Å². The van der Waals surface area contributed by atoms with Crippen LogP contribution in [-0.2, 0) is 6.18 Å². The van der Waals surface area contributed by atoms with Gasteiger partial charge in [0.2, 0.25) is 0 Å². The van der Waals surface area contributed by atoms with Gasteiger partial charge in [0.25, 0.3) is 0 Å². The Bertz CT molecular complexity index is 1150. The van der Waals surface area contributed by atoms with Crippen LogP contribution >= 0.6 is 23.4 Å². The van der Waals surface area contributed by atoms with Crippen LogP contribution in [0.25, 0.3) is 0 Å². The number of ether oxygens (including phenoxy) is 1. The molecule has 0 aromatic heterocycles. The van der Waals surface area contributed by atoms with Crippen LogP contribution in [0.15, 0.2) is 85.2 Å². The van der Waals surface area contributed by atoms with Gasteiger partial charge >= 0.3 is 6.18 Å². The molecule has 0 bridgehead atoms. The highest BCUT2D eigenvalue weighted by molar-refractivity contribution is 7.98. The lowest BCUT2D eigenvalue weighted by Crippen LogP contribution is -2.24. The third-order valence-electron chi connectivity index (χ3n) is 5.89. The van der Waals surface area contributed by atoms with E-state index in [1.165, 1.54) is 12.1 Å². The summed E-state index contributed by atoms with van der Waals surface area (Å²) >= 11 is 7.71. The molecule has 1 aliphatic rings. The fourth-order valence-corrected chi connectivity index (χ4v) is 4.71. The van der Waals surface area contributed by atoms with E-state index < -0.39 is 11.7 Å². The summed E-state index contributed by atoms with van der Waals surface area (Å²) < 4.78 is 46.1. The lowest BCUT2D eigenvalue weighted by molar-refractivity contribution is -0.137. The van der Waals surface area contributed by atoms with E-state index in [2.05, 4.69) is 17.7 Å². The first-order valence-corrected chi connectivity index (χ1v) is 13.0. The zero-order valence-electron chi connectivity index (χ0n) is 19.3. The minimum Gasteiger partial charge on any atom is -0.457 e. The molecule has 4 rings (SSSR count). The van der Waals surface area contributed by atoms with Gasteiger partial charge in [0.15, 0.2) is 0 Å². The van der Waals surface area contributed by atoms with Gasteiger partial charge in [-0.1, -0.05) is 30.3 Å². The van der Waals surface area contributed by atoms with Gasteiger partial charge in [-0.15, -0.1) is 0 Å². The standard InChI is InChI=1S/C27H26ClF3N2OS/c1-19-32(15-4-16-35-2)18-26(20-5-3-6-21(17-20)27(29,30)31)33(19)23-9-13-25(14-10-23)34-24-11-7-22(28)8-12-24/h3,5-14,17,26H,1,4,15-16,18H2,2H3/t26-/m1/s1. The summed E-state index contributed by atoms with van der Waals surface area (Å²) in [4.78, 5) is 4.17. The van der Waals surface area contributed by atoms with E-state index in [-0.39, 0.29) is 6.04 Å². The van der Waals surface area contributed by atoms with E-state index in [9.17, 15) is 13.2 Å². The van der Waals surface area contributed by atoms with Crippen molar-refractivity contribution in [2.75, 3.05) is 30.0 Å². The van der Waals surface area contributed by atoms with Gasteiger partial charge < -0.3 is 14.5 Å². The van der Waals surface area contributed by atoms with E-state index in [0.717, 1.165) is 36.3 Å². The fourth-order valence-electron chi connectivity index (χ4n) is 4.17. The van der Waals surface area contributed by atoms with Gasteiger partial charge in [0.1, 0.15) is 17.3 Å². The van der Waals surface area contributed by atoms with Gasteiger partial charge in [-0.3, -0.25) is 0 Å². The number of hydrogen-bond donors (Lipinski definition) is 0. The highest BCUT2D eigenvalue weighted by Crippen LogP contribution is 2.41. The number of alkyl halides is 3. The molecular formula is C27H26ClF3N2OS. The molecule has 35 heavy (non-hydrogen) atoms. The number of nitrogens with zero attached hydrogens (tertiary/aromatic N) is 2. The molecule has 1 heterocycles. The van der Waals surface area contributed by atoms with Gasteiger partial charge in [-0.2, -0.15) is 24.9 Å². The lowest BCUT2D eigenvalue weighted by Gasteiger charge is -2.28. The number of thioether (sulfide) groups is 1. The number of hydrogen-bond acceptors (Lipinski definition) is 4. The molecule has 1 fully saturated rings. The van der Waals surface area contributed by atoms with E-state index in [0.29, 0.717) is 28.6 Å². The first-order chi connectivity index (χ1) is 16.8. The van der Waals surface area contributed by atoms with Crippen LogP contribution in [-0.4, -0.2) is 30.0 Å². The Morgan fingerprint density at radius 1 is 1.03 bits per heavy atom. The number of rotatable bonds is 8. The summed E-state index contributed by atoms with van der Waals surface area (Å²) in [6.45, 7) is 5.66. The third kappa shape index (κ3) is 6.08. The predicted molar refractivity (Wildman–Crippen MR) is 138 cm³/mol. The smallest absolute Gasteiger partial charge is 0.416 e. The first-order valence-electron chi connectivity index (χ1n) is 11.2. The minimum atomic E-state index is -4.39. The van der Waals surface area contributed by atoms with Crippen molar-refractivity contribution in [3.05, 3.63) is 101 Å². The average Bonchev–Trinajstić information content (AvgIpc) is 3.17. The van der Waals surface area contributed by atoms with Gasteiger partial charge in [0, 0.05) is 23.8 Å². The number of anilines is 1. The summed E-state index contributed by atoms with van der Waals surface area (Å²) in [6.07, 6.45) is -1.36. The zero-order chi connectivity index (χ0) is 25.0. The molecular weight excluding hydrogens is 493 g/mol. The second-order valence-corrected chi connectivity index (χ2v) is 9.69. The van der Waals surface area contributed by atoms with Gasteiger partial charge in [-0.25, -0.2) is 0 Å². The van der Waals surface area contributed by atoms with Crippen LogP contribution in [0.2, 0.25) is 5.02 Å². The van der Waals surface area contributed by atoms with Gasteiger partial charge in [0.05, 0.1) is 11.6 Å². The molecule has 0 aliphatic carbocycles. The highest BCUT2D eigenvalue weighted by Gasteiger charge is 2.37. The molecule has 0 N–H and O–H groups in total. The number of benzene rings is 3. The molecule has 3 aromatic rings. The van der Waals surface area contributed by atoms with Crippen molar-refractivity contribution in [1.82, 2.24) is 4.90 Å². The summed E-state index contributed by atoms with van der Waals surface area (Å²) in [5.74, 6) is 3.09. The van der Waals surface area contributed by atoms with Crippen molar-refractivity contribution in [2.24, 2.45) is 0 Å². The highest BCUT2D eigenvalue weighted by atomic mass is 35.5. The first kappa shape index (κ1) is 25.3. The minimum absolute atomic E-state index is 0.290. The second-order valence-electron chi connectivity index (χ2n) is 8.27. The third-order valence-corrected chi connectivity index (χ3v) is 6.84. The molecule has 1 aliphatic heterocycles. The van der Waals surface area contributed by atoms with E-state index in [1.807, 2.05) is 29.2 Å². The SMILES string of the molecule is C=C1N(CCCSC)C[C@H](c2cccc(C(F)(F)F)c2)N1c1ccc(Oc2ccc(Cl)cc2)cc1. The topological polar surface area (TPSA) is 15.7 Å². The van der Waals surface area contributed by atoms with Crippen molar-refractivity contribution >= 4 is 29.1 Å². The molecule has 0 unspecified atom stereocenters. The van der Waals surface area contributed by atoms with Crippen molar-refractivity contribution in [2.45, 2.75) is 18.6 Å². The molecule has 3 nitrogen and oxygen atoms in total. The Morgan fingerprint density at radius 3 is 2.31 bits per heavy atom. The van der Waals surface area contributed by atoms with E-state index in [4.69, 9.17) is 16.3 Å². The lowest BCUT2D eigenvalue weighted by atomic mass is 10.0. The van der Waals surface area contributed by atoms with Crippen molar-refractivity contribution in [3.8, 4) is 11.5 Å². The molecule has 3 aromatic carbocycles. The maximum absolute atomic E-state index is 13.4. The molecule has 184 valence electrons. The van der Waals surface area contributed by atoms with Crippen molar-refractivity contribution in [1.29, 1.82) is 0 Å².